The predicted molar refractivity (Wildman–Crippen MR) is 90.5 cm³/mol. The highest BCUT2D eigenvalue weighted by Crippen LogP contribution is 2.25. The highest BCUT2D eigenvalue weighted by molar-refractivity contribution is 7.99. The summed E-state index contributed by atoms with van der Waals surface area (Å²) in [5.74, 6) is -0.523. The zero-order chi connectivity index (χ0) is 16.9. The number of carbonyl (C=O) groups is 1. The Hall–Kier alpha value is -2.38. The molecule has 0 saturated carbocycles. The van der Waals surface area contributed by atoms with Gasteiger partial charge in [-0.25, -0.2) is 4.39 Å². The molecule has 0 aliphatic carbocycles. The van der Waals surface area contributed by atoms with E-state index in [1.807, 2.05) is 0 Å². The summed E-state index contributed by atoms with van der Waals surface area (Å²) in [6.07, 6.45) is 0. The smallest absolute Gasteiger partial charge is 0.277 e. The highest BCUT2D eigenvalue weighted by Gasteiger charge is 2.12. The van der Waals surface area contributed by atoms with E-state index in [1.165, 1.54) is 12.1 Å². The van der Waals surface area contributed by atoms with Crippen molar-refractivity contribution in [3.05, 3.63) is 59.4 Å². The lowest BCUT2D eigenvalue weighted by Crippen LogP contribution is -2.14. The van der Waals surface area contributed by atoms with Crippen molar-refractivity contribution >= 4 is 35.0 Å². The number of hydrogen-bond acceptors (Lipinski definition) is 5. The van der Waals surface area contributed by atoms with Crippen LogP contribution in [-0.4, -0.2) is 21.9 Å². The molecule has 0 unspecified atom stereocenters. The van der Waals surface area contributed by atoms with Gasteiger partial charge in [0, 0.05) is 10.6 Å². The number of benzene rings is 2. The first-order valence-electron chi connectivity index (χ1n) is 6.88. The van der Waals surface area contributed by atoms with Crippen LogP contribution in [-0.2, 0) is 4.79 Å². The van der Waals surface area contributed by atoms with Crippen molar-refractivity contribution in [2.75, 3.05) is 11.1 Å². The average Bonchev–Trinajstić information content (AvgIpc) is 3.04. The Kier molecular flexibility index (Phi) is 5.12. The van der Waals surface area contributed by atoms with E-state index in [1.54, 1.807) is 36.4 Å². The summed E-state index contributed by atoms with van der Waals surface area (Å²) in [6, 6.07) is 13.0. The summed E-state index contributed by atoms with van der Waals surface area (Å²) in [5.41, 5.74) is 0.825. The molecule has 24 heavy (non-hydrogen) atoms. The van der Waals surface area contributed by atoms with Gasteiger partial charge >= 0.3 is 0 Å². The summed E-state index contributed by atoms with van der Waals surface area (Å²) < 4.78 is 18.9. The molecule has 0 atom stereocenters. The van der Waals surface area contributed by atoms with Crippen molar-refractivity contribution < 1.29 is 13.6 Å². The van der Waals surface area contributed by atoms with Crippen LogP contribution in [0.1, 0.15) is 0 Å². The molecule has 122 valence electrons. The van der Waals surface area contributed by atoms with E-state index < -0.39 is 5.82 Å². The first kappa shape index (κ1) is 16.5. The summed E-state index contributed by atoms with van der Waals surface area (Å²) in [6.45, 7) is 0. The Bertz CT molecular complexity index is 872. The molecule has 1 heterocycles. The maximum Gasteiger partial charge on any atom is 0.277 e. The molecule has 3 rings (SSSR count). The Morgan fingerprint density at radius 3 is 2.83 bits per heavy atom. The van der Waals surface area contributed by atoms with Crippen LogP contribution in [0.25, 0.3) is 11.5 Å². The van der Waals surface area contributed by atoms with E-state index in [0.717, 1.165) is 11.8 Å². The van der Waals surface area contributed by atoms with Crippen molar-refractivity contribution in [1.29, 1.82) is 0 Å². The van der Waals surface area contributed by atoms with Crippen molar-refractivity contribution in [1.82, 2.24) is 10.2 Å². The van der Waals surface area contributed by atoms with Crippen LogP contribution in [0.15, 0.2) is 58.2 Å². The Labute approximate surface area is 146 Å². The second-order valence-electron chi connectivity index (χ2n) is 4.70. The van der Waals surface area contributed by atoms with Gasteiger partial charge in [0.2, 0.25) is 11.8 Å². The number of carbonyl (C=O) groups excluding carboxylic acids is 1. The maximum atomic E-state index is 13.5. The number of aromatic nitrogens is 2. The number of anilines is 1. The molecule has 0 aliphatic rings. The Balaban J connectivity index is 1.59. The fourth-order valence-electron chi connectivity index (χ4n) is 1.88. The largest absolute Gasteiger partial charge is 0.411 e. The number of nitrogens with one attached hydrogen (secondary N) is 1. The Morgan fingerprint density at radius 1 is 1.21 bits per heavy atom. The van der Waals surface area contributed by atoms with E-state index >= 15 is 0 Å². The van der Waals surface area contributed by atoms with Crippen LogP contribution in [0, 0.1) is 5.82 Å². The molecule has 2 aromatic carbocycles. The van der Waals surface area contributed by atoms with Gasteiger partial charge in [0.25, 0.3) is 5.22 Å². The highest BCUT2D eigenvalue weighted by atomic mass is 35.5. The molecule has 0 aliphatic heterocycles. The number of para-hydroxylation sites is 1. The first-order valence-corrected chi connectivity index (χ1v) is 8.25. The van der Waals surface area contributed by atoms with E-state index in [9.17, 15) is 9.18 Å². The lowest BCUT2D eigenvalue weighted by Gasteiger charge is -2.04. The zero-order valence-electron chi connectivity index (χ0n) is 12.2. The molecular formula is C16H11ClFN3O2S. The molecule has 0 spiro atoms. The number of halogens is 2. The molecule has 5 nitrogen and oxygen atoms in total. The quantitative estimate of drug-likeness (QED) is 0.686. The molecule has 0 fully saturated rings. The van der Waals surface area contributed by atoms with Crippen molar-refractivity contribution in [3.8, 4) is 11.5 Å². The lowest BCUT2D eigenvalue weighted by molar-refractivity contribution is -0.113. The topological polar surface area (TPSA) is 68.0 Å². The van der Waals surface area contributed by atoms with Gasteiger partial charge in [-0.1, -0.05) is 41.6 Å². The fraction of sp³-hybridized carbons (Fsp3) is 0.0625. The van der Waals surface area contributed by atoms with Crippen molar-refractivity contribution in [2.24, 2.45) is 0 Å². The number of amides is 1. The summed E-state index contributed by atoms with van der Waals surface area (Å²) in [5, 5.41) is 11.1. The van der Waals surface area contributed by atoms with E-state index in [0.29, 0.717) is 16.5 Å². The van der Waals surface area contributed by atoms with Crippen molar-refractivity contribution in [2.45, 2.75) is 5.22 Å². The molecule has 1 N–H and O–H groups in total. The summed E-state index contributed by atoms with van der Waals surface area (Å²) in [4.78, 5) is 11.9. The maximum absolute atomic E-state index is 13.5. The minimum absolute atomic E-state index is 0.0194. The number of nitrogens with zero attached hydrogens (tertiary/aromatic N) is 2. The molecular weight excluding hydrogens is 353 g/mol. The summed E-state index contributed by atoms with van der Waals surface area (Å²) >= 11 is 6.98. The zero-order valence-corrected chi connectivity index (χ0v) is 13.8. The molecule has 3 aromatic rings. The van der Waals surface area contributed by atoms with Gasteiger partial charge in [-0.05, 0) is 30.3 Å². The van der Waals surface area contributed by atoms with Gasteiger partial charge in [0.15, 0.2) is 0 Å². The van der Waals surface area contributed by atoms with Gasteiger partial charge in [-0.15, -0.1) is 10.2 Å². The standard InChI is InChI=1S/C16H11ClFN3O2S/c17-11-5-3-4-10(8-11)15-20-21-16(23-15)24-9-14(22)19-13-7-2-1-6-12(13)18/h1-8H,9H2,(H,19,22). The lowest BCUT2D eigenvalue weighted by atomic mass is 10.2. The number of hydrogen-bond donors (Lipinski definition) is 1. The van der Waals surface area contributed by atoms with Crippen LogP contribution >= 0.6 is 23.4 Å². The third kappa shape index (κ3) is 4.12. The van der Waals surface area contributed by atoms with E-state index in [2.05, 4.69) is 15.5 Å². The van der Waals surface area contributed by atoms with Gasteiger partial charge in [0.1, 0.15) is 5.82 Å². The van der Waals surface area contributed by atoms with Crippen LogP contribution in [0.3, 0.4) is 0 Å². The van der Waals surface area contributed by atoms with E-state index in [4.69, 9.17) is 16.0 Å². The van der Waals surface area contributed by atoms with Gasteiger partial charge in [-0.2, -0.15) is 0 Å². The molecule has 0 bridgehead atoms. The molecule has 1 amide bonds. The average molecular weight is 364 g/mol. The van der Waals surface area contributed by atoms with Gasteiger partial charge in [0.05, 0.1) is 11.4 Å². The third-order valence-corrected chi connectivity index (χ3v) is 4.01. The van der Waals surface area contributed by atoms with Crippen molar-refractivity contribution in [3.63, 3.8) is 0 Å². The van der Waals surface area contributed by atoms with Crippen LogP contribution in [0.2, 0.25) is 5.02 Å². The fourth-order valence-corrected chi connectivity index (χ4v) is 2.64. The molecule has 1 aromatic heterocycles. The molecule has 8 heteroatoms. The van der Waals surface area contributed by atoms with E-state index in [-0.39, 0.29) is 22.6 Å². The number of thioether (sulfide) groups is 1. The predicted octanol–water partition coefficient (Wildman–Crippen LogP) is 4.26. The minimum Gasteiger partial charge on any atom is -0.411 e. The third-order valence-electron chi connectivity index (χ3n) is 2.95. The van der Waals surface area contributed by atoms with Gasteiger partial charge in [-0.3, -0.25) is 4.79 Å². The monoisotopic (exact) mass is 363 g/mol. The van der Waals surface area contributed by atoms with Gasteiger partial charge < -0.3 is 9.73 Å². The second kappa shape index (κ2) is 7.46. The summed E-state index contributed by atoms with van der Waals surface area (Å²) in [7, 11) is 0. The normalized spacial score (nSPS) is 10.6. The van der Waals surface area contributed by atoms with Crippen LogP contribution in [0.5, 0.6) is 0 Å². The van der Waals surface area contributed by atoms with Crippen LogP contribution < -0.4 is 5.32 Å². The number of rotatable bonds is 5. The van der Waals surface area contributed by atoms with Crippen LogP contribution in [0.4, 0.5) is 10.1 Å². The minimum atomic E-state index is -0.489. The second-order valence-corrected chi connectivity index (χ2v) is 6.06. The molecule has 0 saturated heterocycles. The molecule has 0 radical (unpaired) electrons. The SMILES string of the molecule is O=C(CSc1nnc(-c2cccc(Cl)c2)o1)Nc1ccccc1F. The Morgan fingerprint density at radius 2 is 2.04 bits per heavy atom. The first-order chi connectivity index (χ1) is 11.6.